The highest BCUT2D eigenvalue weighted by Crippen LogP contribution is 2.24. The second kappa shape index (κ2) is 6.55. The Bertz CT molecular complexity index is 509. The van der Waals surface area contributed by atoms with Gasteiger partial charge in [-0.05, 0) is 30.0 Å². The van der Waals surface area contributed by atoms with Crippen LogP contribution in [0.4, 0.5) is 0 Å². The maximum absolute atomic E-state index is 3.49. The molecule has 0 radical (unpaired) electrons. The van der Waals surface area contributed by atoms with E-state index in [0.29, 0.717) is 0 Å². The summed E-state index contributed by atoms with van der Waals surface area (Å²) in [6, 6.07) is 19.3. The van der Waals surface area contributed by atoms with Crippen molar-refractivity contribution >= 4 is 21.5 Å². The highest BCUT2D eigenvalue weighted by Gasteiger charge is 2.03. The van der Waals surface area contributed by atoms with Crippen LogP contribution in [0.1, 0.15) is 23.1 Å². The molecule has 0 aromatic heterocycles. The molecule has 0 bridgehead atoms. The van der Waals surface area contributed by atoms with Crippen LogP contribution in [0.15, 0.2) is 60.7 Å². The SMILES string of the molecule is Cc1ccc(/C(=C/CCBr)c2ccccc2)cc1. The van der Waals surface area contributed by atoms with Crippen LogP contribution < -0.4 is 0 Å². The maximum atomic E-state index is 3.49. The molecular weight excluding hydrogens is 284 g/mol. The third-order valence-corrected chi connectivity index (χ3v) is 3.36. The third kappa shape index (κ3) is 3.33. The minimum absolute atomic E-state index is 0.995. The van der Waals surface area contributed by atoms with Crippen LogP contribution in [0, 0.1) is 6.92 Å². The molecule has 0 spiro atoms. The van der Waals surface area contributed by atoms with Crippen LogP contribution in [-0.2, 0) is 0 Å². The van der Waals surface area contributed by atoms with Gasteiger partial charge in [0.15, 0.2) is 0 Å². The number of halogens is 1. The molecule has 0 aliphatic rings. The van der Waals surface area contributed by atoms with E-state index in [2.05, 4.69) is 83.5 Å². The Balaban J connectivity index is 2.40. The summed E-state index contributed by atoms with van der Waals surface area (Å²) in [7, 11) is 0. The number of allylic oxidation sites excluding steroid dienone is 1. The largest absolute Gasteiger partial charge is 0.0925 e. The van der Waals surface area contributed by atoms with Crippen molar-refractivity contribution in [3.05, 3.63) is 77.4 Å². The van der Waals surface area contributed by atoms with Crippen LogP contribution in [0.25, 0.3) is 5.57 Å². The first-order valence-corrected chi connectivity index (χ1v) is 7.32. The van der Waals surface area contributed by atoms with E-state index in [1.54, 1.807) is 0 Å². The molecule has 0 heterocycles. The lowest BCUT2D eigenvalue weighted by Gasteiger charge is -2.09. The number of hydrogen-bond donors (Lipinski definition) is 0. The van der Waals surface area contributed by atoms with Gasteiger partial charge in [-0.3, -0.25) is 0 Å². The van der Waals surface area contributed by atoms with E-state index in [1.165, 1.54) is 22.3 Å². The fraction of sp³-hybridized carbons (Fsp3) is 0.176. The van der Waals surface area contributed by atoms with E-state index < -0.39 is 0 Å². The molecule has 1 heteroatoms. The molecule has 2 aromatic rings. The van der Waals surface area contributed by atoms with Gasteiger partial charge in [-0.15, -0.1) is 0 Å². The van der Waals surface area contributed by atoms with Crippen molar-refractivity contribution in [1.29, 1.82) is 0 Å². The van der Waals surface area contributed by atoms with E-state index in [1.807, 2.05) is 0 Å². The smallest absolute Gasteiger partial charge is 0.00662 e. The Kier molecular flexibility index (Phi) is 4.77. The summed E-state index contributed by atoms with van der Waals surface area (Å²) in [6.07, 6.45) is 3.34. The van der Waals surface area contributed by atoms with Gasteiger partial charge in [0, 0.05) is 5.33 Å². The van der Waals surface area contributed by atoms with Crippen molar-refractivity contribution in [2.45, 2.75) is 13.3 Å². The van der Waals surface area contributed by atoms with E-state index in [9.17, 15) is 0 Å². The zero-order chi connectivity index (χ0) is 12.8. The second-order valence-corrected chi connectivity index (χ2v) is 5.12. The van der Waals surface area contributed by atoms with Gasteiger partial charge in [-0.1, -0.05) is 82.2 Å². The Morgan fingerprint density at radius 2 is 1.56 bits per heavy atom. The molecule has 0 aliphatic heterocycles. The molecule has 0 fully saturated rings. The summed E-state index contributed by atoms with van der Waals surface area (Å²) in [5.41, 5.74) is 5.18. The summed E-state index contributed by atoms with van der Waals surface area (Å²) in [6.45, 7) is 2.12. The summed E-state index contributed by atoms with van der Waals surface area (Å²) in [5.74, 6) is 0. The molecule has 0 amide bonds. The first-order chi connectivity index (χ1) is 8.81. The molecule has 2 rings (SSSR count). The summed E-state index contributed by atoms with van der Waals surface area (Å²) in [4.78, 5) is 0. The normalized spacial score (nSPS) is 11.6. The quantitative estimate of drug-likeness (QED) is 0.680. The minimum Gasteiger partial charge on any atom is -0.0925 e. The highest BCUT2D eigenvalue weighted by molar-refractivity contribution is 9.09. The van der Waals surface area contributed by atoms with Gasteiger partial charge in [0.1, 0.15) is 0 Å². The predicted molar refractivity (Wildman–Crippen MR) is 83.1 cm³/mol. The molecule has 0 saturated carbocycles. The van der Waals surface area contributed by atoms with Crippen LogP contribution in [0.5, 0.6) is 0 Å². The van der Waals surface area contributed by atoms with Crippen molar-refractivity contribution in [3.8, 4) is 0 Å². The predicted octanol–water partition coefficient (Wildman–Crippen LogP) is 5.21. The molecule has 0 saturated heterocycles. The number of benzene rings is 2. The highest BCUT2D eigenvalue weighted by atomic mass is 79.9. The third-order valence-electron chi connectivity index (χ3n) is 2.90. The van der Waals surface area contributed by atoms with E-state index in [0.717, 1.165) is 11.8 Å². The van der Waals surface area contributed by atoms with Crippen molar-refractivity contribution in [1.82, 2.24) is 0 Å². The lowest BCUT2D eigenvalue weighted by atomic mass is 9.96. The second-order valence-electron chi connectivity index (χ2n) is 4.33. The Hall–Kier alpha value is -1.34. The monoisotopic (exact) mass is 300 g/mol. The summed E-state index contributed by atoms with van der Waals surface area (Å²) in [5, 5.41) is 0.995. The Labute approximate surface area is 117 Å². The first kappa shape index (κ1) is 13.1. The maximum Gasteiger partial charge on any atom is 0.00662 e. The molecule has 0 N–H and O–H groups in total. The van der Waals surface area contributed by atoms with Crippen molar-refractivity contribution in [2.75, 3.05) is 5.33 Å². The Morgan fingerprint density at radius 3 is 2.17 bits per heavy atom. The van der Waals surface area contributed by atoms with Gasteiger partial charge in [0.25, 0.3) is 0 Å². The van der Waals surface area contributed by atoms with Crippen molar-refractivity contribution < 1.29 is 0 Å². The average molecular weight is 301 g/mol. The van der Waals surface area contributed by atoms with Crippen molar-refractivity contribution in [2.24, 2.45) is 0 Å². The number of aryl methyl sites for hydroxylation is 1. The zero-order valence-electron chi connectivity index (χ0n) is 10.6. The molecular formula is C17H17Br. The van der Waals surface area contributed by atoms with E-state index in [4.69, 9.17) is 0 Å². The molecule has 0 nitrogen and oxygen atoms in total. The fourth-order valence-electron chi connectivity index (χ4n) is 1.95. The standard InChI is InChI=1S/C17H17Br/c1-14-9-11-16(12-10-14)17(8-5-13-18)15-6-3-2-4-7-15/h2-4,6-12H,5,13H2,1H3/b17-8+. The molecule has 2 aromatic carbocycles. The first-order valence-electron chi connectivity index (χ1n) is 6.20. The topological polar surface area (TPSA) is 0 Å². The van der Waals surface area contributed by atoms with Gasteiger partial charge >= 0.3 is 0 Å². The fourth-order valence-corrected chi connectivity index (χ4v) is 2.18. The summed E-state index contributed by atoms with van der Waals surface area (Å²) >= 11 is 3.49. The minimum atomic E-state index is 0.995. The molecule has 0 unspecified atom stereocenters. The van der Waals surface area contributed by atoms with E-state index >= 15 is 0 Å². The van der Waals surface area contributed by atoms with Gasteiger partial charge in [-0.25, -0.2) is 0 Å². The number of rotatable bonds is 4. The summed E-state index contributed by atoms with van der Waals surface area (Å²) < 4.78 is 0. The molecule has 92 valence electrons. The average Bonchev–Trinajstić information content (AvgIpc) is 2.42. The van der Waals surface area contributed by atoms with Crippen LogP contribution in [0.3, 0.4) is 0 Å². The van der Waals surface area contributed by atoms with Crippen LogP contribution in [0.2, 0.25) is 0 Å². The van der Waals surface area contributed by atoms with E-state index in [-0.39, 0.29) is 0 Å². The van der Waals surface area contributed by atoms with Gasteiger partial charge in [-0.2, -0.15) is 0 Å². The Morgan fingerprint density at radius 1 is 0.944 bits per heavy atom. The molecule has 0 atom stereocenters. The molecule has 0 aliphatic carbocycles. The van der Waals surface area contributed by atoms with Crippen LogP contribution in [-0.4, -0.2) is 5.33 Å². The van der Waals surface area contributed by atoms with Gasteiger partial charge < -0.3 is 0 Å². The number of hydrogen-bond acceptors (Lipinski definition) is 0. The van der Waals surface area contributed by atoms with Crippen molar-refractivity contribution in [3.63, 3.8) is 0 Å². The number of alkyl halides is 1. The molecule has 18 heavy (non-hydrogen) atoms. The zero-order valence-corrected chi connectivity index (χ0v) is 12.2. The lowest BCUT2D eigenvalue weighted by Crippen LogP contribution is -1.88. The van der Waals surface area contributed by atoms with Gasteiger partial charge in [0.2, 0.25) is 0 Å². The van der Waals surface area contributed by atoms with Gasteiger partial charge in [0.05, 0.1) is 0 Å². The lowest BCUT2D eigenvalue weighted by molar-refractivity contribution is 1.26. The van der Waals surface area contributed by atoms with Crippen LogP contribution >= 0.6 is 15.9 Å².